The number of hydrogen-bond donors (Lipinski definition) is 1. The zero-order valence-corrected chi connectivity index (χ0v) is 12.7. The fourth-order valence-corrected chi connectivity index (χ4v) is 2.46. The van der Waals surface area contributed by atoms with E-state index in [1.165, 1.54) is 12.1 Å². The number of nitrogens with zero attached hydrogens (tertiary/aromatic N) is 4. The fraction of sp³-hybridized carbons (Fsp3) is 0.429. The lowest BCUT2D eigenvalue weighted by atomic mass is 10.1. The Morgan fingerprint density at radius 1 is 1.38 bits per heavy atom. The first kappa shape index (κ1) is 15.5. The molecule has 112 valence electrons. The summed E-state index contributed by atoms with van der Waals surface area (Å²) in [4.78, 5) is 14.5. The summed E-state index contributed by atoms with van der Waals surface area (Å²) < 4.78 is 1.81. The van der Waals surface area contributed by atoms with Gasteiger partial charge in [0.1, 0.15) is 6.33 Å². The van der Waals surface area contributed by atoms with Gasteiger partial charge in [-0.1, -0.05) is 13.3 Å². The third-order valence-electron chi connectivity index (χ3n) is 3.27. The van der Waals surface area contributed by atoms with Crippen molar-refractivity contribution in [3.8, 4) is 11.4 Å². The van der Waals surface area contributed by atoms with Gasteiger partial charge in [0.2, 0.25) is 0 Å². The largest absolute Gasteiger partial charge is 0.269 e. The molecular weight excluding hydrogens is 288 g/mol. The topological polar surface area (TPSA) is 73.8 Å². The summed E-state index contributed by atoms with van der Waals surface area (Å²) in [5.41, 5.74) is 0.841. The number of nitro groups is 1. The zero-order chi connectivity index (χ0) is 15.2. The van der Waals surface area contributed by atoms with Crippen LogP contribution in [0.4, 0.5) is 5.69 Å². The van der Waals surface area contributed by atoms with Crippen LogP contribution in [0.3, 0.4) is 0 Å². The smallest absolute Gasteiger partial charge is 0.258 e. The van der Waals surface area contributed by atoms with E-state index in [2.05, 4.69) is 29.6 Å². The van der Waals surface area contributed by atoms with Crippen molar-refractivity contribution in [3.05, 3.63) is 40.7 Å². The van der Waals surface area contributed by atoms with E-state index in [9.17, 15) is 10.1 Å². The van der Waals surface area contributed by atoms with Crippen LogP contribution >= 0.6 is 12.6 Å². The van der Waals surface area contributed by atoms with Gasteiger partial charge in [0.05, 0.1) is 4.92 Å². The lowest BCUT2D eigenvalue weighted by Crippen LogP contribution is -2.12. The molecule has 0 N–H and O–H groups in total. The summed E-state index contributed by atoms with van der Waals surface area (Å²) in [5, 5.41) is 15.1. The van der Waals surface area contributed by atoms with Crippen LogP contribution in [0.5, 0.6) is 0 Å². The Morgan fingerprint density at radius 3 is 2.67 bits per heavy atom. The monoisotopic (exact) mass is 306 g/mol. The molecule has 6 nitrogen and oxygen atoms in total. The number of aromatic nitrogens is 3. The van der Waals surface area contributed by atoms with Crippen LogP contribution in [-0.2, 0) is 6.54 Å². The van der Waals surface area contributed by atoms with E-state index >= 15 is 0 Å². The summed E-state index contributed by atoms with van der Waals surface area (Å²) in [7, 11) is 0. The minimum Gasteiger partial charge on any atom is -0.258 e. The molecule has 1 aromatic carbocycles. The number of hydrogen-bond acceptors (Lipinski definition) is 5. The molecule has 0 aliphatic rings. The zero-order valence-electron chi connectivity index (χ0n) is 11.8. The average molecular weight is 306 g/mol. The Bertz CT molecular complexity index is 597. The molecule has 0 aliphatic carbocycles. The van der Waals surface area contributed by atoms with Gasteiger partial charge in [0.25, 0.3) is 5.69 Å². The Hall–Kier alpha value is -1.89. The second kappa shape index (κ2) is 7.21. The first-order valence-corrected chi connectivity index (χ1v) is 7.52. The summed E-state index contributed by atoms with van der Waals surface area (Å²) in [6.45, 7) is 2.94. The standard InChI is InChI=1S/C14H18N4O2S/c1-2-3-11(9-21)8-17-10-15-14(16-17)12-4-6-13(7-5-12)18(19)20/h4-7,10-11,21H,2-3,8-9H2,1H3. The third kappa shape index (κ3) is 4.04. The van der Waals surface area contributed by atoms with E-state index in [-0.39, 0.29) is 5.69 Å². The normalized spacial score (nSPS) is 12.3. The molecule has 0 amide bonds. The molecular formula is C14H18N4O2S. The molecule has 21 heavy (non-hydrogen) atoms. The molecule has 0 fully saturated rings. The Kier molecular flexibility index (Phi) is 5.32. The molecule has 0 bridgehead atoms. The van der Waals surface area contributed by atoms with Crippen LogP contribution in [0.1, 0.15) is 19.8 Å². The molecule has 0 aliphatic heterocycles. The predicted molar refractivity (Wildman–Crippen MR) is 84.4 cm³/mol. The molecule has 1 unspecified atom stereocenters. The van der Waals surface area contributed by atoms with Gasteiger partial charge in [-0.3, -0.25) is 14.8 Å². The highest BCUT2D eigenvalue weighted by Crippen LogP contribution is 2.19. The number of nitro benzene ring substituents is 1. The van der Waals surface area contributed by atoms with Gasteiger partial charge in [-0.15, -0.1) is 0 Å². The number of benzene rings is 1. The van der Waals surface area contributed by atoms with Crippen molar-refractivity contribution in [1.82, 2.24) is 14.8 Å². The van der Waals surface area contributed by atoms with Crippen LogP contribution in [0.2, 0.25) is 0 Å². The van der Waals surface area contributed by atoms with Crippen molar-refractivity contribution < 1.29 is 4.92 Å². The fourth-order valence-electron chi connectivity index (χ4n) is 2.16. The van der Waals surface area contributed by atoms with Gasteiger partial charge < -0.3 is 0 Å². The van der Waals surface area contributed by atoms with Crippen LogP contribution in [0.15, 0.2) is 30.6 Å². The van der Waals surface area contributed by atoms with Crippen molar-refractivity contribution in [1.29, 1.82) is 0 Å². The maximum Gasteiger partial charge on any atom is 0.269 e. The van der Waals surface area contributed by atoms with E-state index < -0.39 is 4.92 Å². The summed E-state index contributed by atoms with van der Waals surface area (Å²) >= 11 is 4.36. The SMILES string of the molecule is CCCC(CS)Cn1cnc(-c2ccc([N+](=O)[O-])cc2)n1. The molecule has 0 saturated carbocycles. The van der Waals surface area contributed by atoms with Crippen molar-refractivity contribution >= 4 is 18.3 Å². The lowest BCUT2D eigenvalue weighted by molar-refractivity contribution is -0.384. The van der Waals surface area contributed by atoms with E-state index in [4.69, 9.17) is 0 Å². The van der Waals surface area contributed by atoms with Crippen LogP contribution in [0.25, 0.3) is 11.4 Å². The van der Waals surface area contributed by atoms with E-state index in [0.717, 1.165) is 30.7 Å². The summed E-state index contributed by atoms with van der Waals surface area (Å²) in [6, 6.07) is 6.26. The second-order valence-corrected chi connectivity index (χ2v) is 5.30. The van der Waals surface area contributed by atoms with Gasteiger partial charge in [-0.2, -0.15) is 17.7 Å². The Balaban J connectivity index is 2.10. The summed E-state index contributed by atoms with van der Waals surface area (Å²) in [5.74, 6) is 1.88. The van der Waals surface area contributed by atoms with Gasteiger partial charge in [0, 0.05) is 24.2 Å². The highest BCUT2D eigenvalue weighted by Gasteiger charge is 2.11. The first-order valence-electron chi connectivity index (χ1n) is 6.89. The number of thiol groups is 1. The third-order valence-corrected chi connectivity index (χ3v) is 3.79. The van der Waals surface area contributed by atoms with Gasteiger partial charge >= 0.3 is 0 Å². The lowest BCUT2D eigenvalue weighted by Gasteiger charge is -2.12. The highest BCUT2D eigenvalue weighted by atomic mass is 32.1. The molecule has 1 aromatic heterocycles. The maximum absolute atomic E-state index is 10.6. The predicted octanol–water partition coefficient (Wildman–Crippen LogP) is 3.20. The number of rotatable bonds is 7. The number of non-ortho nitro benzene ring substituents is 1. The first-order chi connectivity index (χ1) is 10.1. The minimum absolute atomic E-state index is 0.0660. The maximum atomic E-state index is 10.6. The van der Waals surface area contributed by atoms with Gasteiger partial charge in [-0.25, -0.2) is 4.98 Å². The van der Waals surface area contributed by atoms with E-state index in [1.807, 2.05) is 4.68 Å². The Morgan fingerprint density at radius 2 is 2.10 bits per heavy atom. The quantitative estimate of drug-likeness (QED) is 0.484. The van der Waals surface area contributed by atoms with Crippen molar-refractivity contribution in [2.75, 3.05) is 5.75 Å². The van der Waals surface area contributed by atoms with E-state index in [0.29, 0.717) is 11.7 Å². The minimum atomic E-state index is -0.419. The molecule has 2 rings (SSSR count). The summed E-state index contributed by atoms with van der Waals surface area (Å²) in [6.07, 6.45) is 3.92. The molecule has 0 spiro atoms. The average Bonchev–Trinajstić information content (AvgIpc) is 2.95. The molecule has 0 radical (unpaired) electrons. The van der Waals surface area contributed by atoms with Crippen molar-refractivity contribution in [2.45, 2.75) is 26.3 Å². The highest BCUT2D eigenvalue weighted by molar-refractivity contribution is 7.80. The van der Waals surface area contributed by atoms with Crippen LogP contribution in [0, 0.1) is 16.0 Å². The second-order valence-electron chi connectivity index (χ2n) is 4.93. The van der Waals surface area contributed by atoms with E-state index in [1.54, 1.807) is 18.5 Å². The molecule has 0 saturated heterocycles. The molecule has 7 heteroatoms. The van der Waals surface area contributed by atoms with Crippen molar-refractivity contribution in [2.24, 2.45) is 5.92 Å². The Labute approximate surface area is 128 Å². The van der Waals surface area contributed by atoms with Gasteiger partial charge in [-0.05, 0) is 30.2 Å². The van der Waals surface area contributed by atoms with Gasteiger partial charge in [0.15, 0.2) is 5.82 Å². The van der Waals surface area contributed by atoms with Crippen LogP contribution < -0.4 is 0 Å². The molecule has 2 aromatic rings. The molecule has 1 heterocycles. The van der Waals surface area contributed by atoms with Crippen LogP contribution in [-0.4, -0.2) is 25.4 Å². The molecule has 1 atom stereocenters. The van der Waals surface area contributed by atoms with Crippen molar-refractivity contribution in [3.63, 3.8) is 0 Å².